The second-order valence-electron chi connectivity index (χ2n) is 6.12. The zero-order chi connectivity index (χ0) is 11.7. The first kappa shape index (κ1) is 11.3. The van der Waals surface area contributed by atoms with E-state index in [1.165, 1.54) is 38.5 Å². The van der Waals surface area contributed by atoms with Gasteiger partial charge < -0.3 is 0 Å². The second kappa shape index (κ2) is 4.84. The summed E-state index contributed by atoms with van der Waals surface area (Å²) < 4.78 is 0. The highest BCUT2D eigenvalue weighted by molar-refractivity contribution is 5.21. The molecule has 1 aromatic rings. The molecule has 0 heteroatoms. The second-order valence-corrected chi connectivity index (χ2v) is 6.12. The Hall–Kier alpha value is -0.780. The van der Waals surface area contributed by atoms with E-state index in [0.717, 1.165) is 23.7 Å². The summed E-state index contributed by atoms with van der Waals surface area (Å²) in [7, 11) is 0. The maximum Gasteiger partial charge on any atom is -0.0131 e. The molecule has 0 spiro atoms. The highest BCUT2D eigenvalue weighted by atomic mass is 14.4. The fraction of sp³-hybridized carbons (Fsp3) is 0.647. The van der Waals surface area contributed by atoms with Crippen LogP contribution in [0, 0.1) is 17.8 Å². The molecule has 0 aliphatic heterocycles. The monoisotopic (exact) mass is 228 g/mol. The van der Waals surface area contributed by atoms with Gasteiger partial charge in [-0.1, -0.05) is 56.5 Å². The van der Waals surface area contributed by atoms with E-state index in [-0.39, 0.29) is 0 Å². The smallest absolute Gasteiger partial charge is 0.0131 e. The Morgan fingerprint density at radius 2 is 1.88 bits per heavy atom. The van der Waals surface area contributed by atoms with Crippen molar-refractivity contribution in [2.24, 2.45) is 17.8 Å². The predicted molar refractivity (Wildman–Crippen MR) is 73.0 cm³/mol. The van der Waals surface area contributed by atoms with E-state index in [2.05, 4.69) is 37.3 Å². The van der Waals surface area contributed by atoms with E-state index >= 15 is 0 Å². The maximum atomic E-state index is 2.37. The van der Waals surface area contributed by atoms with Crippen LogP contribution in [0.5, 0.6) is 0 Å². The van der Waals surface area contributed by atoms with E-state index in [9.17, 15) is 0 Å². The van der Waals surface area contributed by atoms with Gasteiger partial charge in [0.1, 0.15) is 0 Å². The summed E-state index contributed by atoms with van der Waals surface area (Å²) in [6.07, 6.45) is 8.81. The maximum absolute atomic E-state index is 2.37. The van der Waals surface area contributed by atoms with E-state index in [1.54, 1.807) is 5.56 Å². The van der Waals surface area contributed by atoms with Gasteiger partial charge in [-0.3, -0.25) is 0 Å². The Labute approximate surface area is 105 Å². The summed E-state index contributed by atoms with van der Waals surface area (Å²) in [4.78, 5) is 0. The van der Waals surface area contributed by atoms with Crippen molar-refractivity contribution < 1.29 is 0 Å². The minimum Gasteiger partial charge on any atom is -0.0651 e. The summed E-state index contributed by atoms with van der Waals surface area (Å²) in [5.41, 5.74) is 1.61. The fourth-order valence-electron chi connectivity index (χ4n) is 4.36. The van der Waals surface area contributed by atoms with Gasteiger partial charge in [0.15, 0.2) is 0 Å². The molecule has 3 rings (SSSR count). The van der Waals surface area contributed by atoms with E-state index < -0.39 is 0 Å². The number of fused-ring (bicyclic) bond motifs is 1. The Morgan fingerprint density at radius 3 is 2.65 bits per heavy atom. The van der Waals surface area contributed by atoms with Crippen molar-refractivity contribution in [3.63, 3.8) is 0 Å². The Kier molecular flexibility index (Phi) is 3.22. The van der Waals surface area contributed by atoms with Gasteiger partial charge in [-0.05, 0) is 48.5 Å². The van der Waals surface area contributed by atoms with Crippen LogP contribution in [0.1, 0.15) is 56.9 Å². The Bertz CT molecular complexity index is 354. The van der Waals surface area contributed by atoms with Crippen LogP contribution in [0.15, 0.2) is 30.3 Å². The first-order valence-corrected chi connectivity index (χ1v) is 7.43. The molecule has 17 heavy (non-hydrogen) atoms. The summed E-state index contributed by atoms with van der Waals surface area (Å²) >= 11 is 0. The summed E-state index contributed by atoms with van der Waals surface area (Å²) in [5.74, 6) is 3.93. The molecule has 0 saturated heterocycles. The molecule has 4 unspecified atom stereocenters. The van der Waals surface area contributed by atoms with Crippen LogP contribution in [-0.2, 0) is 0 Å². The molecular formula is C17H24. The van der Waals surface area contributed by atoms with E-state index in [0.29, 0.717) is 0 Å². The van der Waals surface area contributed by atoms with Crippen LogP contribution >= 0.6 is 0 Å². The predicted octanol–water partition coefficient (Wildman–Crippen LogP) is 5.01. The van der Waals surface area contributed by atoms with E-state index in [4.69, 9.17) is 0 Å². The Balaban J connectivity index is 1.81. The number of hydrogen-bond acceptors (Lipinski definition) is 0. The van der Waals surface area contributed by atoms with Gasteiger partial charge in [0.25, 0.3) is 0 Å². The van der Waals surface area contributed by atoms with E-state index in [1.807, 2.05) is 0 Å². The molecule has 2 fully saturated rings. The van der Waals surface area contributed by atoms with Crippen molar-refractivity contribution in [3.8, 4) is 0 Å². The van der Waals surface area contributed by atoms with Gasteiger partial charge in [-0.25, -0.2) is 0 Å². The van der Waals surface area contributed by atoms with Crippen LogP contribution in [0.3, 0.4) is 0 Å². The molecule has 0 bridgehead atoms. The van der Waals surface area contributed by atoms with Gasteiger partial charge in [0.05, 0.1) is 0 Å². The quantitative estimate of drug-likeness (QED) is 0.667. The topological polar surface area (TPSA) is 0 Å². The molecule has 92 valence electrons. The van der Waals surface area contributed by atoms with Gasteiger partial charge in [0, 0.05) is 0 Å². The van der Waals surface area contributed by atoms with Crippen LogP contribution in [-0.4, -0.2) is 0 Å². The van der Waals surface area contributed by atoms with Crippen LogP contribution < -0.4 is 0 Å². The lowest BCUT2D eigenvalue weighted by Gasteiger charge is -2.34. The molecule has 0 aromatic heterocycles. The van der Waals surface area contributed by atoms with Crippen molar-refractivity contribution in [1.82, 2.24) is 0 Å². The van der Waals surface area contributed by atoms with Gasteiger partial charge in [0.2, 0.25) is 0 Å². The molecule has 0 nitrogen and oxygen atoms in total. The van der Waals surface area contributed by atoms with Crippen molar-refractivity contribution in [2.75, 3.05) is 0 Å². The lowest BCUT2D eigenvalue weighted by atomic mass is 9.71. The standard InChI is InChI=1S/C17H24/c1-2-13-11-15-9-6-10-16(17(15)12-13)14-7-4-3-5-8-14/h3-5,7-8,13,15-17H,2,6,9-12H2,1H3. The molecule has 2 saturated carbocycles. The minimum atomic E-state index is 0.867. The molecular weight excluding hydrogens is 204 g/mol. The fourth-order valence-corrected chi connectivity index (χ4v) is 4.36. The first-order valence-electron chi connectivity index (χ1n) is 7.43. The normalized spacial score (nSPS) is 36.8. The number of benzene rings is 1. The average molecular weight is 228 g/mol. The molecule has 0 radical (unpaired) electrons. The average Bonchev–Trinajstić information content (AvgIpc) is 2.82. The molecule has 2 aliphatic carbocycles. The molecule has 4 atom stereocenters. The zero-order valence-electron chi connectivity index (χ0n) is 10.9. The number of rotatable bonds is 2. The summed E-state index contributed by atoms with van der Waals surface area (Å²) in [6.45, 7) is 2.37. The molecule has 0 N–H and O–H groups in total. The third-order valence-electron chi connectivity index (χ3n) is 5.26. The van der Waals surface area contributed by atoms with Crippen molar-refractivity contribution >= 4 is 0 Å². The molecule has 2 aliphatic rings. The van der Waals surface area contributed by atoms with Crippen LogP contribution in [0.2, 0.25) is 0 Å². The SMILES string of the molecule is CCC1CC2CCCC(c3ccccc3)C2C1. The summed E-state index contributed by atoms with van der Waals surface area (Å²) in [6, 6.07) is 11.3. The molecule has 0 heterocycles. The lowest BCUT2D eigenvalue weighted by Crippen LogP contribution is -2.22. The zero-order valence-corrected chi connectivity index (χ0v) is 10.9. The van der Waals surface area contributed by atoms with Crippen molar-refractivity contribution in [2.45, 2.75) is 51.4 Å². The molecule has 0 amide bonds. The lowest BCUT2D eigenvalue weighted by molar-refractivity contribution is 0.238. The van der Waals surface area contributed by atoms with Crippen LogP contribution in [0.25, 0.3) is 0 Å². The van der Waals surface area contributed by atoms with Gasteiger partial charge in [-0.15, -0.1) is 0 Å². The molecule has 1 aromatic carbocycles. The highest BCUT2D eigenvalue weighted by Gasteiger charge is 2.40. The van der Waals surface area contributed by atoms with Gasteiger partial charge >= 0.3 is 0 Å². The largest absolute Gasteiger partial charge is 0.0651 e. The van der Waals surface area contributed by atoms with Crippen molar-refractivity contribution in [1.29, 1.82) is 0 Å². The third kappa shape index (κ3) is 2.14. The first-order chi connectivity index (χ1) is 8.38. The minimum absolute atomic E-state index is 0.867. The van der Waals surface area contributed by atoms with Crippen LogP contribution in [0.4, 0.5) is 0 Å². The summed E-state index contributed by atoms with van der Waals surface area (Å²) in [5, 5.41) is 0. The third-order valence-corrected chi connectivity index (χ3v) is 5.26. The highest BCUT2D eigenvalue weighted by Crippen LogP contribution is 2.52. The Morgan fingerprint density at radius 1 is 1.06 bits per heavy atom. The number of hydrogen-bond donors (Lipinski definition) is 0. The van der Waals surface area contributed by atoms with Crippen molar-refractivity contribution in [3.05, 3.63) is 35.9 Å². The van der Waals surface area contributed by atoms with Gasteiger partial charge in [-0.2, -0.15) is 0 Å².